The van der Waals surface area contributed by atoms with Crippen molar-refractivity contribution in [2.45, 2.75) is 78.2 Å². The molecule has 1 unspecified atom stereocenters. The van der Waals surface area contributed by atoms with Crippen molar-refractivity contribution in [2.24, 2.45) is 0 Å². The zero-order chi connectivity index (χ0) is 11.5. The number of hydrogen-bond acceptors (Lipinski definition) is 1. The highest BCUT2D eigenvalue weighted by Crippen LogP contribution is 2.04. The Morgan fingerprint density at radius 3 is 2.27 bits per heavy atom. The first-order valence-electron chi connectivity index (χ1n) is 6.50. The largest absolute Gasteiger partial charge is 0.354 e. The molecule has 2 heteroatoms. The van der Waals surface area contributed by atoms with Crippen LogP contribution in [0, 0.1) is 0 Å². The minimum absolute atomic E-state index is 0.229. The van der Waals surface area contributed by atoms with Crippen LogP contribution >= 0.6 is 0 Å². The van der Waals surface area contributed by atoms with Crippen molar-refractivity contribution in [1.29, 1.82) is 0 Å². The van der Waals surface area contributed by atoms with Gasteiger partial charge in [0.25, 0.3) is 0 Å². The van der Waals surface area contributed by atoms with E-state index in [2.05, 4.69) is 26.1 Å². The van der Waals surface area contributed by atoms with Crippen molar-refractivity contribution in [2.75, 3.05) is 0 Å². The molecule has 0 bridgehead atoms. The molecule has 0 saturated carbocycles. The molecule has 0 aliphatic heterocycles. The first kappa shape index (κ1) is 14.5. The lowest BCUT2D eigenvalue weighted by Gasteiger charge is -2.13. The summed E-state index contributed by atoms with van der Waals surface area (Å²) < 4.78 is 0. The summed E-state index contributed by atoms with van der Waals surface area (Å²) in [5.41, 5.74) is 0. The molecule has 0 aromatic rings. The topological polar surface area (TPSA) is 29.1 Å². The molecule has 0 heterocycles. The second-order valence-corrected chi connectivity index (χ2v) is 4.42. The van der Waals surface area contributed by atoms with E-state index in [1.54, 1.807) is 0 Å². The van der Waals surface area contributed by atoms with Gasteiger partial charge in [-0.25, -0.2) is 0 Å². The van der Waals surface area contributed by atoms with Gasteiger partial charge in [0.2, 0.25) is 5.91 Å². The fourth-order valence-corrected chi connectivity index (χ4v) is 1.66. The van der Waals surface area contributed by atoms with E-state index < -0.39 is 0 Å². The van der Waals surface area contributed by atoms with E-state index in [4.69, 9.17) is 0 Å². The Morgan fingerprint density at radius 2 is 1.67 bits per heavy atom. The molecule has 0 rings (SSSR count). The van der Waals surface area contributed by atoms with Gasteiger partial charge < -0.3 is 5.32 Å². The van der Waals surface area contributed by atoms with Crippen LogP contribution in [0.25, 0.3) is 0 Å². The van der Waals surface area contributed by atoms with E-state index in [9.17, 15) is 4.79 Å². The van der Waals surface area contributed by atoms with Gasteiger partial charge in [-0.05, 0) is 19.8 Å². The van der Waals surface area contributed by atoms with E-state index in [1.807, 2.05) is 0 Å². The smallest absolute Gasteiger partial charge is 0.220 e. The van der Waals surface area contributed by atoms with Crippen molar-refractivity contribution in [1.82, 2.24) is 5.32 Å². The molecular weight excluding hydrogens is 186 g/mol. The molecule has 0 spiro atoms. The lowest BCUT2D eigenvalue weighted by Crippen LogP contribution is -2.32. The second-order valence-electron chi connectivity index (χ2n) is 4.42. The first-order valence-corrected chi connectivity index (χ1v) is 6.50. The predicted molar refractivity (Wildman–Crippen MR) is 65.9 cm³/mol. The minimum Gasteiger partial charge on any atom is -0.354 e. The zero-order valence-electron chi connectivity index (χ0n) is 10.6. The average molecular weight is 213 g/mol. The molecule has 15 heavy (non-hydrogen) atoms. The summed E-state index contributed by atoms with van der Waals surface area (Å²) in [4.78, 5) is 11.4. The van der Waals surface area contributed by atoms with Crippen molar-refractivity contribution in [3.05, 3.63) is 0 Å². The van der Waals surface area contributed by atoms with Crippen LogP contribution in [0.15, 0.2) is 0 Å². The monoisotopic (exact) mass is 213 g/mol. The van der Waals surface area contributed by atoms with Crippen LogP contribution in [0.3, 0.4) is 0 Å². The molecule has 0 fully saturated rings. The molecule has 0 aliphatic carbocycles. The van der Waals surface area contributed by atoms with Crippen LogP contribution in [-0.2, 0) is 4.79 Å². The molecule has 0 saturated heterocycles. The standard InChI is InChI=1S/C13H27NO/c1-4-6-8-10-12(3)14-13(15)11-9-7-5-2/h12H,4-11H2,1-3H3,(H,14,15). The Bertz CT molecular complexity index is 157. The average Bonchev–Trinajstić information content (AvgIpc) is 2.18. The van der Waals surface area contributed by atoms with Gasteiger partial charge in [0.1, 0.15) is 0 Å². The van der Waals surface area contributed by atoms with E-state index in [0.29, 0.717) is 12.5 Å². The van der Waals surface area contributed by atoms with Crippen LogP contribution in [0.1, 0.15) is 72.1 Å². The predicted octanol–water partition coefficient (Wildman–Crippen LogP) is 3.65. The fraction of sp³-hybridized carbons (Fsp3) is 0.923. The fourth-order valence-electron chi connectivity index (χ4n) is 1.66. The Morgan fingerprint density at radius 1 is 1.07 bits per heavy atom. The normalized spacial score (nSPS) is 12.5. The van der Waals surface area contributed by atoms with E-state index >= 15 is 0 Å². The summed E-state index contributed by atoms with van der Waals surface area (Å²) in [6.07, 6.45) is 8.94. The summed E-state index contributed by atoms with van der Waals surface area (Å²) in [6, 6.07) is 0.352. The van der Waals surface area contributed by atoms with Gasteiger partial charge in [-0.15, -0.1) is 0 Å². The quantitative estimate of drug-likeness (QED) is 0.582. The molecule has 90 valence electrons. The number of unbranched alkanes of at least 4 members (excludes halogenated alkanes) is 4. The van der Waals surface area contributed by atoms with Gasteiger partial charge in [-0.1, -0.05) is 46.0 Å². The second kappa shape index (κ2) is 10.0. The molecular formula is C13H27NO. The molecule has 0 radical (unpaired) electrons. The lowest BCUT2D eigenvalue weighted by molar-refractivity contribution is -0.121. The molecule has 1 N–H and O–H groups in total. The van der Waals surface area contributed by atoms with E-state index in [-0.39, 0.29) is 5.91 Å². The van der Waals surface area contributed by atoms with Crippen LogP contribution in [0.2, 0.25) is 0 Å². The summed E-state index contributed by atoms with van der Waals surface area (Å²) in [5.74, 6) is 0.229. The van der Waals surface area contributed by atoms with Crippen LogP contribution < -0.4 is 5.32 Å². The maximum atomic E-state index is 11.4. The zero-order valence-corrected chi connectivity index (χ0v) is 10.6. The van der Waals surface area contributed by atoms with Gasteiger partial charge >= 0.3 is 0 Å². The first-order chi connectivity index (χ1) is 7.20. The number of carbonyl (C=O) groups excluding carboxylic acids is 1. The molecule has 0 aliphatic rings. The van der Waals surface area contributed by atoms with Crippen molar-refractivity contribution < 1.29 is 4.79 Å². The number of nitrogens with one attached hydrogen (secondary N) is 1. The van der Waals surface area contributed by atoms with Crippen LogP contribution in [0.5, 0.6) is 0 Å². The van der Waals surface area contributed by atoms with Crippen molar-refractivity contribution in [3.63, 3.8) is 0 Å². The summed E-state index contributed by atoms with van der Waals surface area (Å²) >= 11 is 0. The highest BCUT2D eigenvalue weighted by atomic mass is 16.1. The van der Waals surface area contributed by atoms with Crippen molar-refractivity contribution >= 4 is 5.91 Å². The van der Waals surface area contributed by atoms with Gasteiger partial charge in [-0.2, -0.15) is 0 Å². The highest BCUT2D eigenvalue weighted by molar-refractivity contribution is 5.76. The Kier molecular flexibility index (Phi) is 9.65. The summed E-state index contributed by atoms with van der Waals surface area (Å²) in [5, 5.41) is 3.06. The Labute approximate surface area is 94.8 Å². The van der Waals surface area contributed by atoms with Gasteiger partial charge in [0.05, 0.1) is 0 Å². The molecule has 0 aromatic heterocycles. The van der Waals surface area contributed by atoms with Gasteiger partial charge in [0.15, 0.2) is 0 Å². The maximum Gasteiger partial charge on any atom is 0.220 e. The van der Waals surface area contributed by atoms with Gasteiger partial charge in [-0.3, -0.25) is 4.79 Å². The molecule has 1 atom stereocenters. The third kappa shape index (κ3) is 9.77. The number of amides is 1. The van der Waals surface area contributed by atoms with Crippen LogP contribution in [-0.4, -0.2) is 11.9 Å². The van der Waals surface area contributed by atoms with E-state index in [1.165, 1.54) is 25.7 Å². The Hall–Kier alpha value is -0.530. The summed E-state index contributed by atoms with van der Waals surface area (Å²) in [7, 11) is 0. The number of hydrogen-bond donors (Lipinski definition) is 1. The molecule has 1 amide bonds. The minimum atomic E-state index is 0.229. The SMILES string of the molecule is CCCCCC(=O)NC(C)CCCCC. The summed E-state index contributed by atoms with van der Waals surface area (Å²) in [6.45, 7) is 6.46. The third-order valence-corrected chi connectivity index (χ3v) is 2.66. The third-order valence-electron chi connectivity index (χ3n) is 2.66. The number of rotatable bonds is 9. The maximum absolute atomic E-state index is 11.4. The Balaban J connectivity index is 3.40. The highest BCUT2D eigenvalue weighted by Gasteiger charge is 2.05. The van der Waals surface area contributed by atoms with Crippen LogP contribution in [0.4, 0.5) is 0 Å². The molecule has 0 aromatic carbocycles. The van der Waals surface area contributed by atoms with E-state index in [0.717, 1.165) is 19.3 Å². The van der Waals surface area contributed by atoms with Gasteiger partial charge in [0, 0.05) is 12.5 Å². The van der Waals surface area contributed by atoms with Crippen molar-refractivity contribution in [3.8, 4) is 0 Å². The molecule has 2 nitrogen and oxygen atoms in total. The number of carbonyl (C=O) groups is 1. The lowest BCUT2D eigenvalue weighted by atomic mass is 10.1.